The van der Waals surface area contributed by atoms with Crippen molar-refractivity contribution in [1.29, 1.82) is 0 Å². The second-order valence-electron chi connectivity index (χ2n) is 8.94. The largest absolute Gasteiger partial charge is 0.380 e. The highest BCUT2D eigenvalue weighted by Crippen LogP contribution is 2.26. The number of aliphatic imine (C=N–C) groups is 1. The van der Waals surface area contributed by atoms with Gasteiger partial charge >= 0.3 is 0 Å². The van der Waals surface area contributed by atoms with Crippen molar-refractivity contribution < 1.29 is 17.9 Å². The van der Waals surface area contributed by atoms with Crippen molar-refractivity contribution in [3.05, 3.63) is 33.7 Å². The van der Waals surface area contributed by atoms with E-state index in [9.17, 15) is 8.42 Å². The van der Waals surface area contributed by atoms with Crippen molar-refractivity contribution in [2.45, 2.75) is 45.8 Å². The Morgan fingerprint density at radius 3 is 2.39 bits per heavy atom. The van der Waals surface area contributed by atoms with Crippen LogP contribution in [-0.2, 0) is 19.3 Å². The Kier molecular flexibility index (Phi) is 13.1. The fourth-order valence-electron chi connectivity index (χ4n) is 3.31. The molecule has 0 aromatic carbocycles. The molecule has 1 heterocycles. The van der Waals surface area contributed by atoms with Gasteiger partial charge in [-0.2, -0.15) is 0 Å². The normalized spacial score (nSPS) is 20.5. The van der Waals surface area contributed by atoms with Crippen molar-refractivity contribution in [3.8, 4) is 0 Å². The van der Waals surface area contributed by atoms with Crippen LogP contribution in [-0.4, -0.2) is 91.0 Å². The van der Waals surface area contributed by atoms with Gasteiger partial charge in [0.05, 0.1) is 23.2 Å². The minimum Gasteiger partial charge on any atom is -0.380 e. The maximum absolute atomic E-state index is 12.3. The van der Waals surface area contributed by atoms with Gasteiger partial charge in [-0.15, -0.1) is 0 Å². The molecule has 9 heteroatoms. The molecule has 1 saturated heterocycles. The topological polar surface area (TPSA) is 80.2 Å². The van der Waals surface area contributed by atoms with Crippen LogP contribution in [0, 0.1) is 5.92 Å². The van der Waals surface area contributed by atoms with E-state index in [1.807, 2.05) is 26.0 Å². The molecular formula is C24H42ClN3O4S. The van der Waals surface area contributed by atoms with E-state index >= 15 is 0 Å². The molecule has 0 aliphatic carbocycles. The van der Waals surface area contributed by atoms with Gasteiger partial charge in [0.25, 0.3) is 0 Å². The molecule has 0 spiro atoms. The van der Waals surface area contributed by atoms with Crippen molar-refractivity contribution >= 4 is 27.7 Å². The molecule has 0 amide bonds. The van der Waals surface area contributed by atoms with Crippen LogP contribution in [0.4, 0.5) is 0 Å². The molecule has 1 fully saturated rings. The lowest BCUT2D eigenvalue weighted by Gasteiger charge is -2.29. The summed E-state index contributed by atoms with van der Waals surface area (Å²) < 4.78 is 35.5. The van der Waals surface area contributed by atoms with E-state index in [1.54, 1.807) is 20.3 Å². The quantitative estimate of drug-likeness (QED) is 0.306. The molecule has 0 aromatic heterocycles. The average molecular weight is 504 g/mol. The number of ether oxygens (including phenoxy) is 2. The monoisotopic (exact) mass is 503 g/mol. The summed E-state index contributed by atoms with van der Waals surface area (Å²) in [5.41, 5.74) is 0.334. The summed E-state index contributed by atoms with van der Waals surface area (Å²) in [6, 6.07) is -0.307. The lowest BCUT2D eigenvalue weighted by Crippen LogP contribution is -2.43. The molecule has 1 N–H and O–H groups in total. The van der Waals surface area contributed by atoms with Crippen molar-refractivity contribution in [2.24, 2.45) is 10.9 Å². The fourth-order valence-corrected chi connectivity index (χ4v) is 4.34. The molecule has 7 nitrogen and oxygen atoms in total. The van der Waals surface area contributed by atoms with Crippen LogP contribution in [0.3, 0.4) is 0 Å². The number of hydrogen-bond acceptors (Lipinski definition) is 7. The van der Waals surface area contributed by atoms with E-state index in [0.717, 1.165) is 38.3 Å². The Hall–Kier alpha value is -1.03. The fraction of sp³-hybridized carbons (Fsp3) is 0.708. The van der Waals surface area contributed by atoms with Crippen molar-refractivity contribution in [1.82, 2.24) is 10.2 Å². The smallest absolute Gasteiger partial charge is 0.176 e. The van der Waals surface area contributed by atoms with Crippen LogP contribution in [0.15, 0.2) is 38.7 Å². The van der Waals surface area contributed by atoms with Crippen LogP contribution in [0.1, 0.15) is 34.1 Å². The Labute approximate surface area is 205 Å². The Morgan fingerprint density at radius 2 is 1.88 bits per heavy atom. The van der Waals surface area contributed by atoms with Crippen LogP contribution in [0.2, 0.25) is 0 Å². The highest BCUT2D eigenvalue weighted by molar-refractivity contribution is 7.95. The van der Waals surface area contributed by atoms with Gasteiger partial charge in [0.15, 0.2) is 9.84 Å². The predicted octanol–water partition coefficient (Wildman–Crippen LogP) is 3.43. The summed E-state index contributed by atoms with van der Waals surface area (Å²) in [6.45, 7) is 13.1. The van der Waals surface area contributed by atoms with Gasteiger partial charge in [-0.05, 0) is 43.9 Å². The lowest BCUT2D eigenvalue weighted by molar-refractivity contribution is 0.00992. The third-order valence-corrected chi connectivity index (χ3v) is 7.38. The number of methoxy groups -OCH3 is 2. The molecule has 0 bridgehead atoms. The Morgan fingerprint density at radius 1 is 1.24 bits per heavy atom. The van der Waals surface area contributed by atoms with Crippen LogP contribution in [0.5, 0.6) is 0 Å². The molecule has 190 valence electrons. The SMILES string of the molecule is COCC(=CC(Cl)=CC(C)(OC)C(C)C)C(C)N=C/C(=C\CCN1CCNCC1)S(C)(=O)=O. The van der Waals surface area contributed by atoms with E-state index in [-0.39, 0.29) is 16.9 Å². The number of nitrogens with one attached hydrogen (secondary N) is 1. The second-order valence-corrected chi connectivity index (χ2v) is 11.4. The zero-order valence-corrected chi connectivity index (χ0v) is 22.8. The summed E-state index contributed by atoms with van der Waals surface area (Å²) in [6.07, 6.45) is 8.77. The van der Waals surface area contributed by atoms with Crippen molar-refractivity contribution in [3.63, 3.8) is 0 Å². The van der Waals surface area contributed by atoms with E-state index in [1.165, 1.54) is 12.5 Å². The molecular weight excluding hydrogens is 462 g/mol. The number of piperazine rings is 1. The van der Waals surface area contributed by atoms with Gasteiger partial charge in [0, 0.05) is 64.4 Å². The first-order valence-electron chi connectivity index (χ1n) is 11.4. The zero-order chi connectivity index (χ0) is 25.1. The first kappa shape index (κ1) is 30.0. The predicted molar refractivity (Wildman–Crippen MR) is 139 cm³/mol. The van der Waals surface area contributed by atoms with E-state index in [2.05, 4.69) is 29.1 Å². The van der Waals surface area contributed by atoms with Gasteiger partial charge in [-0.25, -0.2) is 8.42 Å². The summed E-state index contributed by atoms with van der Waals surface area (Å²) in [4.78, 5) is 7.07. The molecule has 2 unspecified atom stereocenters. The summed E-state index contributed by atoms with van der Waals surface area (Å²) in [7, 11) is -0.120. The number of hydrogen-bond donors (Lipinski definition) is 1. The van der Waals surface area contributed by atoms with Gasteiger partial charge in [-0.3, -0.25) is 4.99 Å². The molecule has 2 atom stereocenters. The Bertz CT molecular complexity index is 831. The number of sulfone groups is 1. The number of halogens is 1. The van der Waals surface area contributed by atoms with Gasteiger partial charge in [0.2, 0.25) is 0 Å². The van der Waals surface area contributed by atoms with Crippen LogP contribution >= 0.6 is 11.6 Å². The highest BCUT2D eigenvalue weighted by Gasteiger charge is 2.25. The maximum Gasteiger partial charge on any atom is 0.176 e. The van der Waals surface area contributed by atoms with Gasteiger partial charge < -0.3 is 19.7 Å². The summed E-state index contributed by atoms with van der Waals surface area (Å²) in [5, 5.41) is 3.84. The first-order valence-corrected chi connectivity index (χ1v) is 13.7. The molecule has 0 radical (unpaired) electrons. The number of allylic oxidation sites excluding steroid dienone is 3. The highest BCUT2D eigenvalue weighted by atomic mass is 35.5. The van der Waals surface area contributed by atoms with Gasteiger partial charge in [-0.1, -0.05) is 31.5 Å². The van der Waals surface area contributed by atoms with E-state index in [4.69, 9.17) is 21.1 Å². The van der Waals surface area contributed by atoms with Gasteiger partial charge in [0.1, 0.15) is 0 Å². The van der Waals surface area contributed by atoms with Crippen LogP contribution in [0.25, 0.3) is 0 Å². The number of rotatable bonds is 13. The summed E-state index contributed by atoms with van der Waals surface area (Å²) >= 11 is 6.52. The third kappa shape index (κ3) is 10.8. The standard InChI is InChI=1S/C24H42ClN3O4S/c1-19(2)24(4,32-6)16-22(25)15-21(18-31-5)20(3)27-17-23(33(7,29)30)9-8-12-28-13-10-26-11-14-28/h9,15-17,19-20,26H,8,10-14,18H2,1-7H3/b21-15?,22-16?,23-9+,27-17?. The molecule has 1 rings (SSSR count). The molecule has 1 aliphatic heterocycles. The lowest BCUT2D eigenvalue weighted by atomic mass is 9.91. The van der Waals surface area contributed by atoms with Crippen molar-refractivity contribution in [2.75, 3.05) is 59.8 Å². The maximum atomic E-state index is 12.3. The third-order valence-electron chi connectivity index (χ3n) is 6.04. The minimum absolute atomic E-state index is 0.231. The average Bonchev–Trinajstić information content (AvgIpc) is 2.75. The van der Waals surface area contributed by atoms with Crippen LogP contribution < -0.4 is 5.32 Å². The van der Waals surface area contributed by atoms with E-state index in [0.29, 0.717) is 18.1 Å². The van der Waals surface area contributed by atoms with E-state index < -0.39 is 15.4 Å². The molecule has 33 heavy (non-hydrogen) atoms. The molecule has 1 aliphatic rings. The zero-order valence-electron chi connectivity index (χ0n) is 21.2. The Balaban J connectivity index is 3.02. The second kappa shape index (κ2) is 14.4. The minimum atomic E-state index is -3.39. The molecule has 0 aromatic rings. The summed E-state index contributed by atoms with van der Waals surface area (Å²) in [5.74, 6) is 0.231. The molecule has 0 saturated carbocycles. The number of nitrogens with zero attached hydrogens (tertiary/aromatic N) is 2. The first-order chi connectivity index (χ1) is 15.4.